The van der Waals surface area contributed by atoms with Gasteiger partial charge in [-0.2, -0.15) is 0 Å². The molecule has 0 radical (unpaired) electrons. The monoisotopic (exact) mass is 420 g/mol. The number of urea groups is 1. The number of benzene rings is 1. The summed E-state index contributed by atoms with van der Waals surface area (Å²) in [5, 5.41) is 4.04. The lowest BCUT2D eigenvalue weighted by Crippen LogP contribution is -2.58. The van der Waals surface area contributed by atoms with E-state index in [0.717, 1.165) is 0 Å². The van der Waals surface area contributed by atoms with E-state index in [-0.39, 0.29) is 17.2 Å². The SMILES string of the molecule is O=C1NC(=O)C([C@H]2c3cc(Br)ccc3Oc3[nH]c(=O)[nH]c(=O)c32)C(=O)N1. The number of halogens is 1. The number of imide groups is 2. The molecule has 1 saturated heterocycles. The highest BCUT2D eigenvalue weighted by Gasteiger charge is 2.46. The number of amides is 4. The van der Waals surface area contributed by atoms with E-state index in [1.54, 1.807) is 18.2 Å². The summed E-state index contributed by atoms with van der Waals surface area (Å²) >= 11 is 3.30. The number of hydrogen-bond acceptors (Lipinski definition) is 6. The van der Waals surface area contributed by atoms with Crippen molar-refractivity contribution in [1.29, 1.82) is 0 Å². The van der Waals surface area contributed by atoms with Gasteiger partial charge in [-0.3, -0.25) is 35.0 Å². The first kappa shape index (κ1) is 16.3. The van der Waals surface area contributed by atoms with Crippen LogP contribution in [0.25, 0.3) is 0 Å². The normalized spacial score (nSPS) is 19.1. The minimum atomic E-state index is -1.41. The van der Waals surface area contributed by atoms with E-state index in [1.807, 2.05) is 10.6 Å². The second-order valence-electron chi connectivity index (χ2n) is 5.70. The number of carbonyl (C=O) groups excluding carboxylic acids is 3. The fourth-order valence-corrected chi connectivity index (χ4v) is 3.52. The Morgan fingerprint density at radius 2 is 1.62 bits per heavy atom. The Morgan fingerprint density at radius 1 is 0.923 bits per heavy atom. The minimum absolute atomic E-state index is 0.0835. The zero-order valence-electron chi connectivity index (χ0n) is 12.7. The van der Waals surface area contributed by atoms with Gasteiger partial charge in [-0.05, 0) is 18.2 Å². The molecule has 10 nitrogen and oxygen atoms in total. The van der Waals surface area contributed by atoms with Crippen LogP contribution in [0.5, 0.6) is 11.6 Å². The number of H-pyrrole nitrogens is 2. The standard InChI is InChI=1S/C15H9BrN4O6/c16-4-1-2-6-5(3-4)7(8-10(21)17-14(24)18-11(8)22)9-12(23)19-15(25)20-13(9)26-6/h1-3,7-8H,(H2,19,20,23,25)(H2,17,18,21,22,24)/t7-/m1/s1. The van der Waals surface area contributed by atoms with Gasteiger partial charge < -0.3 is 4.74 Å². The smallest absolute Gasteiger partial charge is 0.328 e. The van der Waals surface area contributed by atoms with Crippen LogP contribution in [0.1, 0.15) is 17.0 Å². The van der Waals surface area contributed by atoms with E-state index < -0.39 is 40.9 Å². The van der Waals surface area contributed by atoms with Crippen molar-refractivity contribution in [3.8, 4) is 11.6 Å². The Labute approximate surface area is 152 Å². The molecule has 3 heterocycles. The Bertz CT molecular complexity index is 1080. The lowest BCUT2D eigenvalue weighted by molar-refractivity contribution is -0.136. The number of carbonyl (C=O) groups is 3. The fourth-order valence-electron chi connectivity index (χ4n) is 3.14. The molecule has 4 amide bonds. The molecule has 2 aliphatic heterocycles. The largest absolute Gasteiger partial charge is 0.440 e. The van der Waals surface area contributed by atoms with Crippen molar-refractivity contribution in [2.75, 3.05) is 0 Å². The van der Waals surface area contributed by atoms with Crippen molar-refractivity contribution in [2.45, 2.75) is 5.92 Å². The molecule has 0 saturated carbocycles. The Hall–Kier alpha value is -3.21. The van der Waals surface area contributed by atoms with Crippen molar-refractivity contribution in [3.05, 3.63) is 54.6 Å². The summed E-state index contributed by atoms with van der Waals surface area (Å²) in [4.78, 5) is 64.5. The first-order valence-corrected chi connectivity index (χ1v) is 8.14. The second-order valence-corrected chi connectivity index (χ2v) is 6.61. The van der Waals surface area contributed by atoms with Gasteiger partial charge >= 0.3 is 11.7 Å². The van der Waals surface area contributed by atoms with Gasteiger partial charge in [-0.25, -0.2) is 9.59 Å². The summed E-state index contributed by atoms with van der Waals surface area (Å²) in [7, 11) is 0. The highest BCUT2D eigenvalue weighted by Crippen LogP contribution is 2.46. The number of aromatic nitrogens is 2. The topological polar surface area (TPSA) is 150 Å². The summed E-state index contributed by atoms with van der Waals surface area (Å²) in [5.74, 6) is -4.07. The van der Waals surface area contributed by atoms with E-state index in [1.165, 1.54) is 0 Å². The van der Waals surface area contributed by atoms with Crippen molar-refractivity contribution in [3.63, 3.8) is 0 Å². The Kier molecular flexibility index (Phi) is 3.54. The lowest BCUT2D eigenvalue weighted by atomic mass is 9.78. The number of nitrogens with one attached hydrogen (secondary N) is 4. The van der Waals surface area contributed by atoms with E-state index in [0.29, 0.717) is 10.0 Å². The van der Waals surface area contributed by atoms with Crippen LogP contribution in [0.4, 0.5) is 4.79 Å². The first-order chi connectivity index (χ1) is 12.3. The van der Waals surface area contributed by atoms with Crippen LogP contribution < -0.4 is 26.6 Å². The minimum Gasteiger partial charge on any atom is -0.440 e. The number of hydrogen-bond donors (Lipinski definition) is 4. The maximum atomic E-state index is 12.4. The van der Waals surface area contributed by atoms with Gasteiger partial charge in [0.1, 0.15) is 11.7 Å². The number of barbiturate groups is 1. The molecule has 11 heteroatoms. The average molecular weight is 421 g/mol. The molecular weight excluding hydrogens is 412 g/mol. The maximum absolute atomic E-state index is 12.4. The molecule has 0 unspecified atom stereocenters. The van der Waals surface area contributed by atoms with Crippen LogP contribution in [0.15, 0.2) is 32.3 Å². The molecule has 26 heavy (non-hydrogen) atoms. The van der Waals surface area contributed by atoms with Crippen LogP contribution in [-0.4, -0.2) is 27.8 Å². The van der Waals surface area contributed by atoms with Crippen molar-refractivity contribution >= 4 is 33.8 Å². The Balaban J connectivity index is 1.99. The third-order valence-corrected chi connectivity index (χ3v) is 4.64. The highest BCUT2D eigenvalue weighted by molar-refractivity contribution is 9.10. The molecule has 0 spiro atoms. The predicted octanol–water partition coefficient (Wildman–Crippen LogP) is 0.0455. The molecule has 4 N–H and O–H groups in total. The molecule has 1 aromatic carbocycles. The zero-order chi connectivity index (χ0) is 18.6. The van der Waals surface area contributed by atoms with E-state index in [4.69, 9.17) is 4.74 Å². The number of rotatable bonds is 1. The van der Waals surface area contributed by atoms with E-state index >= 15 is 0 Å². The average Bonchev–Trinajstić information content (AvgIpc) is 2.53. The number of aromatic amines is 2. The second kappa shape index (κ2) is 5.66. The quantitative estimate of drug-likeness (QED) is 0.478. The summed E-state index contributed by atoms with van der Waals surface area (Å²) in [5.41, 5.74) is -1.29. The van der Waals surface area contributed by atoms with Gasteiger partial charge in [0.05, 0.1) is 5.56 Å². The molecule has 1 aromatic heterocycles. The van der Waals surface area contributed by atoms with Crippen LogP contribution in [0.2, 0.25) is 0 Å². The Morgan fingerprint density at radius 3 is 2.31 bits per heavy atom. The van der Waals surface area contributed by atoms with E-state index in [2.05, 4.69) is 25.9 Å². The molecular formula is C15H9BrN4O6. The van der Waals surface area contributed by atoms with Gasteiger partial charge in [-0.15, -0.1) is 0 Å². The van der Waals surface area contributed by atoms with Crippen molar-refractivity contribution in [1.82, 2.24) is 20.6 Å². The molecule has 132 valence electrons. The molecule has 0 bridgehead atoms. The highest BCUT2D eigenvalue weighted by atomic mass is 79.9. The third-order valence-electron chi connectivity index (χ3n) is 4.15. The van der Waals surface area contributed by atoms with Gasteiger partial charge in [0, 0.05) is 16.0 Å². The van der Waals surface area contributed by atoms with Crippen molar-refractivity contribution in [2.24, 2.45) is 5.92 Å². The number of ether oxygens (including phenoxy) is 1. The number of fused-ring (bicyclic) bond motifs is 2. The molecule has 2 aliphatic rings. The molecule has 2 aromatic rings. The molecule has 1 fully saturated rings. The van der Waals surface area contributed by atoms with Crippen LogP contribution >= 0.6 is 15.9 Å². The van der Waals surface area contributed by atoms with Crippen LogP contribution in [-0.2, 0) is 9.59 Å². The summed E-state index contributed by atoms with van der Waals surface area (Å²) < 4.78 is 6.21. The van der Waals surface area contributed by atoms with Crippen molar-refractivity contribution < 1.29 is 19.1 Å². The van der Waals surface area contributed by atoms with Gasteiger partial charge in [-0.1, -0.05) is 15.9 Å². The predicted molar refractivity (Wildman–Crippen MR) is 88.9 cm³/mol. The summed E-state index contributed by atoms with van der Waals surface area (Å²) in [6.45, 7) is 0. The van der Waals surface area contributed by atoms with Gasteiger partial charge in [0.25, 0.3) is 5.56 Å². The van der Waals surface area contributed by atoms with Gasteiger partial charge in [0.2, 0.25) is 17.7 Å². The van der Waals surface area contributed by atoms with Gasteiger partial charge in [0.15, 0.2) is 0 Å². The summed E-state index contributed by atoms with van der Waals surface area (Å²) in [6, 6.07) is 3.90. The fraction of sp³-hybridized carbons (Fsp3) is 0.133. The van der Waals surface area contributed by atoms with E-state index in [9.17, 15) is 24.0 Å². The molecule has 0 aliphatic carbocycles. The third kappa shape index (κ3) is 2.44. The summed E-state index contributed by atoms with van der Waals surface area (Å²) in [6.07, 6.45) is 0. The maximum Gasteiger partial charge on any atom is 0.328 e. The zero-order valence-corrected chi connectivity index (χ0v) is 14.3. The van der Waals surface area contributed by atoms with Crippen LogP contribution in [0, 0.1) is 5.92 Å². The van der Waals surface area contributed by atoms with Crippen LogP contribution in [0.3, 0.4) is 0 Å². The molecule has 1 atom stereocenters. The first-order valence-electron chi connectivity index (χ1n) is 7.34. The lowest BCUT2D eigenvalue weighted by Gasteiger charge is -2.32. The molecule has 4 rings (SSSR count).